The smallest absolute Gasteiger partial charge is 0.159 e. The third kappa shape index (κ3) is 4.22. The number of aromatic nitrogens is 7. The summed E-state index contributed by atoms with van der Waals surface area (Å²) < 4.78 is 14.6. The Balaban J connectivity index is 1.25. The van der Waals surface area contributed by atoms with E-state index in [-0.39, 0.29) is 5.82 Å². The van der Waals surface area contributed by atoms with Crippen molar-refractivity contribution in [3.63, 3.8) is 0 Å². The van der Waals surface area contributed by atoms with Gasteiger partial charge in [0.25, 0.3) is 0 Å². The maximum atomic E-state index is 14.6. The van der Waals surface area contributed by atoms with Crippen LogP contribution in [0.1, 0.15) is 11.8 Å². The van der Waals surface area contributed by atoms with Crippen LogP contribution in [0.3, 0.4) is 0 Å². The van der Waals surface area contributed by atoms with Crippen molar-refractivity contribution in [3.8, 4) is 33.9 Å². The number of imidazole rings is 1. The number of nitrogens with zero attached hydrogens (tertiary/aromatic N) is 5. The van der Waals surface area contributed by atoms with Crippen molar-refractivity contribution in [1.82, 2.24) is 35.1 Å². The number of H-pyrrole nitrogens is 2. The molecule has 0 aliphatic carbocycles. The van der Waals surface area contributed by atoms with E-state index in [0.29, 0.717) is 45.1 Å². The van der Waals surface area contributed by atoms with Crippen LogP contribution in [0.2, 0.25) is 0 Å². The summed E-state index contributed by atoms with van der Waals surface area (Å²) >= 11 is 0. The zero-order valence-corrected chi connectivity index (χ0v) is 20.9. The van der Waals surface area contributed by atoms with Crippen LogP contribution in [0.25, 0.3) is 56.0 Å². The van der Waals surface area contributed by atoms with Crippen LogP contribution >= 0.6 is 0 Å². The number of fused-ring (bicyclic) bond motifs is 2. The van der Waals surface area contributed by atoms with Crippen molar-refractivity contribution in [3.05, 3.63) is 109 Å². The van der Waals surface area contributed by atoms with Crippen LogP contribution in [0.4, 0.5) is 10.1 Å². The zero-order valence-electron chi connectivity index (χ0n) is 20.9. The fourth-order valence-corrected chi connectivity index (χ4v) is 4.69. The molecule has 0 aliphatic rings. The summed E-state index contributed by atoms with van der Waals surface area (Å²) in [7, 11) is 0. The number of pyridine rings is 3. The van der Waals surface area contributed by atoms with E-state index in [1.807, 2.05) is 42.5 Å². The number of hydrogen-bond acceptors (Lipinski definition) is 7. The Morgan fingerprint density at radius 2 is 1.68 bits per heavy atom. The van der Waals surface area contributed by atoms with E-state index >= 15 is 0 Å². The lowest BCUT2D eigenvalue weighted by Gasteiger charge is -2.15. The molecule has 7 rings (SSSR count). The van der Waals surface area contributed by atoms with Gasteiger partial charge >= 0.3 is 0 Å². The van der Waals surface area contributed by atoms with Gasteiger partial charge in [-0.2, -0.15) is 5.10 Å². The van der Waals surface area contributed by atoms with E-state index in [4.69, 9.17) is 4.98 Å². The molecule has 0 amide bonds. The highest BCUT2D eigenvalue weighted by molar-refractivity contribution is 5.96. The molecule has 1 atom stereocenters. The molecule has 2 aromatic carbocycles. The average Bonchev–Trinajstić information content (AvgIpc) is 3.62. The molecule has 0 radical (unpaired) electrons. The first-order valence-corrected chi connectivity index (χ1v) is 12.5. The number of rotatable bonds is 6. The molecule has 194 valence electrons. The van der Waals surface area contributed by atoms with E-state index in [2.05, 4.69) is 35.5 Å². The number of aliphatic hydroxyl groups excluding tert-OH is 1. The van der Waals surface area contributed by atoms with E-state index in [9.17, 15) is 9.50 Å². The Hall–Kier alpha value is -5.48. The number of aliphatic hydroxyl groups is 1. The molecule has 10 heteroatoms. The van der Waals surface area contributed by atoms with Gasteiger partial charge in [0, 0.05) is 40.8 Å². The third-order valence-electron chi connectivity index (χ3n) is 6.66. The molecule has 0 bridgehead atoms. The standard InChI is InChI=1S/C30H21FN8O/c31-23-9-5-4-8-21(23)25-27-24(10-11-33-25)36-29(37-27)26-22-13-19(15-34-28(22)39-38-26)18-12-20(16-32-14-18)35-30(40)17-6-2-1-3-7-17/h1-16,30,35,40H,(H,36,37)(H,34,38,39). The van der Waals surface area contributed by atoms with Gasteiger partial charge in [-0.1, -0.05) is 42.5 Å². The molecule has 5 heterocycles. The van der Waals surface area contributed by atoms with Gasteiger partial charge in [0.2, 0.25) is 0 Å². The molecular formula is C30H21FN8O. The molecule has 0 saturated carbocycles. The van der Waals surface area contributed by atoms with Gasteiger partial charge < -0.3 is 15.4 Å². The van der Waals surface area contributed by atoms with E-state index < -0.39 is 6.23 Å². The highest BCUT2D eigenvalue weighted by Crippen LogP contribution is 2.32. The molecule has 0 fully saturated rings. The normalized spacial score (nSPS) is 12.2. The van der Waals surface area contributed by atoms with Gasteiger partial charge in [-0.15, -0.1) is 0 Å². The lowest BCUT2D eigenvalue weighted by molar-refractivity contribution is 0.208. The van der Waals surface area contributed by atoms with Crippen LogP contribution in [0.5, 0.6) is 0 Å². The number of benzene rings is 2. The molecule has 5 aromatic heterocycles. The molecule has 1 unspecified atom stereocenters. The summed E-state index contributed by atoms with van der Waals surface area (Å²) in [6.45, 7) is 0. The summed E-state index contributed by atoms with van der Waals surface area (Å²) in [6, 6.07) is 21.5. The highest BCUT2D eigenvalue weighted by atomic mass is 19.1. The van der Waals surface area contributed by atoms with Crippen LogP contribution in [0, 0.1) is 5.82 Å². The Morgan fingerprint density at radius 3 is 2.55 bits per heavy atom. The van der Waals surface area contributed by atoms with Crippen molar-refractivity contribution in [2.24, 2.45) is 0 Å². The predicted molar refractivity (Wildman–Crippen MR) is 150 cm³/mol. The first kappa shape index (κ1) is 23.6. The zero-order chi connectivity index (χ0) is 27.1. The first-order chi connectivity index (χ1) is 19.6. The monoisotopic (exact) mass is 528 g/mol. The van der Waals surface area contributed by atoms with Crippen molar-refractivity contribution >= 4 is 27.8 Å². The van der Waals surface area contributed by atoms with Crippen LogP contribution < -0.4 is 5.32 Å². The lowest BCUT2D eigenvalue weighted by atomic mass is 10.1. The first-order valence-electron chi connectivity index (χ1n) is 12.5. The summed E-state index contributed by atoms with van der Waals surface area (Å²) in [4.78, 5) is 21.4. The largest absolute Gasteiger partial charge is 0.369 e. The number of nitrogens with one attached hydrogen (secondary N) is 3. The third-order valence-corrected chi connectivity index (χ3v) is 6.66. The second-order valence-electron chi connectivity index (χ2n) is 9.23. The predicted octanol–water partition coefficient (Wildman–Crippen LogP) is 5.87. The quantitative estimate of drug-likeness (QED) is 0.199. The minimum Gasteiger partial charge on any atom is -0.369 e. The Morgan fingerprint density at radius 1 is 0.850 bits per heavy atom. The number of anilines is 1. The minimum absolute atomic E-state index is 0.368. The molecule has 9 nitrogen and oxygen atoms in total. The molecule has 0 spiro atoms. The van der Waals surface area contributed by atoms with Crippen molar-refractivity contribution in [1.29, 1.82) is 0 Å². The van der Waals surface area contributed by atoms with Crippen molar-refractivity contribution < 1.29 is 9.50 Å². The van der Waals surface area contributed by atoms with E-state index in [1.165, 1.54) is 6.07 Å². The van der Waals surface area contributed by atoms with Gasteiger partial charge in [0.1, 0.15) is 22.7 Å². The minimum atomic E-state index is -0.879. The SMILES string of the molecule is OC(Nc1cncc(-c2cnc3[nH]nc(-c4nc5c(-c6ccccc6F)nccc5[nH]4)c3c2)c1)c1ccccc1. The molecule has 0 aliphatic heterocycles. The Kier molecular flexibility index (Phi) is 5.72. The topological polar surface area (TPSA) is 128 Å². The van der Waals surface area contributed by atoms with Gasteiger partial charge in [-0.25, -0.2) is 14.4 Å². The van der Waals surface area contributed by atoms with Gasteiger partial charge in [0.15, 0.2) is 17.7 Å². The molecule has 0 saturated heterocycles. The lowest BCUT2D eigenvalue weighted by Crippen LogP contribution is -2.09. The summed E-state index contributed by atoms with van der Waals surface area (Å²) in [5.74, 6) is 0.137. The van der Waals surface area contributed by atoms with Gasteiger partial charge in [-0.3, -0.25) is 15.1 Å². The molecule has 40 heavy (non-hydrogen) atoms. The second kappa shape index (κ2) is 9.68. The van der Waals surface area contributed by atoms with Gasteiger partial charge in [-0.05, 0) is 30.3 Å². The average molecular weight is 529 g/mol. The van der Waals surface area contributed by atoms with E-state index in [0.717, 1.165) is 22.1 Å². The maximum Gasteiger partial charge on any atom is 0.159 e. The number of hydrogen-bond donors (Lipinski definition) is 4. The highest BCUT2D eigenvalue weighted by Gasteiger charge is 2.18. The molecule has 4 N–H and O–H groups in total. The van der Waals surface area contributed by atoms with Crippen LogP contribution in [0.15, 0.2) is 97.6 Å². The van der Waals surface area contributed by atoms with Crippen molar-refractivity contribution in [2.75, 3.05) is 5.32 Å². The van der Waals surface area contributed by atoms with Crippen LogP contribution in [-0.4, -0.2) is 40.2 Å². The fraction of sp³-hybridized carbons (Fsp3) is 0.0333. The van der Waals surface area contributed by atoms with Crippen LogP contribution in [-0.2, 0) is 0 Å². The summed E-state index contributed by atoms with van der Waals surface area (Å²) in [5, 5.41) is 21.8. The number of aromatic amines is 2. The number of halogens is 1. The second-order valence-corrected chi connectivity index (χ2v) is 9.23. The van der Waals surface area contributed by atoms with E-state index in [1.54, 1.807) is 49.1 Å². The summed E-state index contributed by atoms with van der Waals surface area (Å²) in [6.07, 6.45) is 5.86. The maximum absolute atomic E-state index is 14.6. The summed E-state index contributed by atoms with van der Waals surface area (Å²) in [5.41, 5.74) is 6.27. The molecular weight excluding hydrogens is 507 g/mol. The Labute approximate surface area is 226 Å². The Bertz CT molecular complexity index is 1990. The van der Waals surface area contributed by atoms with Gasteiger partial charge in [0.05, 0.1) is 22.8 Å². The molecule has 7 aromatic rings. The fourth-order valence-electron chi connectivity index (χ4n) is 4.69. The van der Waals surface area contributed by atoms with Crippen molar-refractivity contribution in [2.45, 2.75) is 6.23 Å².